The molecule has 6 heterocycles. The largest absolute Gasteiger partial charge is 0.461 e. The highest BCUT2D eigenvalue weighted by Gasteiger charge is 2.50. The number of ether oxygens (including phenoxy) is 2. The molecule has 41 heavy (non-hydrogen) atoms. The third kappa shape index (κ3) is 5.11. The molecule has 2 aromatic rings. The molecule has 0 aliphatic carbocycles. The number of hydrogen-bond acceptors (Lipinski definition) is 9. The van der Waals surface area contributed by atoms with E-state index in [1.165, 1.54) is 0 Å². The Bertz CT molecular complexity index is 1340. The number of fused-ring (bicyclic) bond motifs is 4. The summed E-state index contributed by atoms with van der Waals surface area (Å²) in [5, 5.41) is 0.142. The van der Waals surface area contributed by atoms with Crippen molar-refractivity contribution in [1.82, 2.24) is 24.8 Å². The van der Waals surface area contributed by atoms with Gasteiger partial charge in [-0.25, -0.2) is 18.6 Å². The first kappa shape index (κ1) is 28.4. The van der Waals surface area contributed by atoms with Gasteiger partial charge < -0.3 is 19.3 Å². The van der Waals surface area contributed by atoms with E-state index >= 15 is 4.39 Å². The smallest absolute Gasteiger partial charge is 0.410 e. The number of halogens is 3. The van der Waals surface area contributed by atoms with Crippen molar-refractivity contribution in [3.8, 4) is 6.01 Å². The van der Waals surface area contributed by atoms with E-state index in [0.717, 1.165) is 32.2 Å². The van der Waals surface area contributed by atoms with Crippen molar-refractivity contribution in [2.45, 2.75) is 82.3 Å². The van der Waals surface area contributed by atoms with Gasteiger partial charge in [-0.05, 0) is 53.0 Å². The second-order valence-corrected chi connectivity index (χ2v) is 13.4. The third-order valence-electron chi connectivity index (χ3n) is 8.73. The van der Waals surface area contributed by atoms with Crippen molar-refractivity contribution in [2.75, 3.05) is 56.7 Å². The monoisotopic (exact) mass is 593 g/mol. The average molecular weight is 594 g/mol. The van der Waals surface area contributed by atoms with Crippen molar-refractivity contribution >= 4 is 40.2 Å². The van der Waals surface area contributed by atoms with Crippen LogP contribution in [0.3, 0.4) is 0 Å². The summed E-state index contributed by atoms with van der Waals surface area (Å²) in [6.45, 7) is 8.00. The number of rotatable bonds is 5. The van der Waals surface area contributed by atoms with Gasteiger partial charge in [-0.1, -0.05) is 11.6 Å². The number of carbonyl (C=O) groups is 1. The number of anilines is 2. The highest BCUT2D eigenvalue weighted by Crippen LogP contribution is 2.42. The SMILES string of the molecule is CN(C)c1nc(Cl)c(F)c2nc(OC[C@@]34CCCN3C[C@H](F)C4)nc(N3CC4CCC(C3)N4C(=O)OC(C)(C)C)c12. The Balaban J connectivity index is 1.37. The number of amides is 1. The summed E-state index contributed by atoms with van der Waals surface area (Å²) in [5.41, 5.74) is -0.979. The Morgan fingerprint density at radius 1 is 1.15 bits per heavy atom. The molecule has 4 saturated heterocycles. The van der Waals surface area contributed by atoms with Crippen molar-refractivity contribution in [3.63, 3.8) is 0 Å². The van der Waals surface area contributed by atoms with E-state index in [0.29, 0.717) is 43.1 Å². The third-order valence-corrected chi connectivity index (χ3v) is 8.98. The second kappa shape index (κ2) is 10.2. The molecule has 0 saturated carbocycles. The summed E-state index contributed by atoms with van der Waals surface area (Å²) < 4.78 is 41.8. The highest BCUT2D eigenvalue weighted by molar-refractivity contribution is 6.30. The predicted octanol–water partition coefficient (Wildman–Crippen LogP) is 4.43. The molecule has 10 nitrogen and oxygen atoms in total. The maximum Gasteiger partial charge on any atom is 0.410 e. The normalized spacial score (nSPS) is 28.0. The lowest BCUT2D eigenvalue weighted by molar-refractivity contribution is 0.0122. The van der Waals surface area contributed by atoms with Crippen LogP contribution in [0.5, 0.6) is 6.01 Å². The standard InChI is InChI=1S/C28H38ClF2N7O3/c1-27(2,3)41-26(39)38-17-7-8-18(38)14-36(13-17)24-19-21(20(31)22(29)33-23(19)35(4)5)32-25(34-24)40-15-28-9-6-10-37(28)12-16(30)11-28/h16-18H,6-15H2,1-5H3/t16-,17?,18?,28+/m1/s1. The Hall–Kier alpha value is -2.73. The molecule has 4 aliphatic heterocycles. The Morgan fingerprint density at radius 3 is 2.51 bits per heavy atom. The van der Waals surface area contributed by atoms with Gasteiger partial charge in [0.05, 0.1) is 23.0 Å². The maximum atomic E-state index is 15.6. The summed E-state index contributed by atoms with van der Waals surface area (Å²) in [6, 6.07) is -0.155. The number of hydrogen-bond donors (Lipinski definition) is 0. The fraction of sp³-hybridized carbons (Fsp3) is 0.714. The number of nitrogens with zero attached hydrogens (tertiary/aromatic N) is 7. The molecule has 4 atom stereocenters. The van der Waals surface area contributed by atoms with Crippen LogP contribution in [0.4, 0.5) is 25.2 Å². The van der Waals surface area contributed by atoms with Gasteiger partial charge in [0.25, 0.3) is 0 Å². The van der Waals surface area contributed by atoms with Crippen LogP contribution >= 0.6 is 11.6 Å². The molecule has 13 heteroatoms. The lowest BCUT2D eigenvalue weighted by Gasteiger charge is -2.42. The second-order valence-electron chi connectivity index (χ2n) is 13.0. The summed E-state index contributed by atoms with van der Waals surface area (Å²) >= 11 is 6.23. The summed E-state index contributed by atoms with van der Waals surface area (Å²) in [5.74, 6) is 0.168. The molecule has 4 aliphatic rings. The number of piperazine rings is 1. The number of carbonyl (C=O) groups excluding carboxylic acids is 1. The maximum absolute atomic E-state index is 15.6. The summed E-state index contributed by atoms with van der Waals surface area (Å²) in [6.07, 6.45) is 2.65. The van der Waals surface area contributed by atoms with E-state index in [4.69, 9.17) is 26.1 Å². The number of alkyl halides is 1. The van der Waals surface area contributed by atoms with Crippen molar-refractivity contribution in [3.05, 3.63) is 11.0 Å². The molecular formula is C28H38ClF2N7O3. The van der Waals surface area contributed by atoms with Gasteiger partial charge in [0, 0.05) is 40.2 Å². The zero-order chi connectivity index (χ0) is 29.3. The fourth-order valence-corrected chi connectivity index (χ4v) is 7.21. The van der Waals surface area contributed by atoms with Gasteiger partial charge >= 0.3 is 12.1 Å². The van der Waals surface area contributed by atoms with Crippen molar-refractivity contribution < 1.29 is 23.0 Å². The molecule has 224 valence electrons. The van der Waals surface area contributed by atoms with Gasteiger partial charge in [-0.3, -0.25) is 9.80 Å². The molecule has 0 radical (unpaired) electrons. The first-order valence-electron chi connectivity index (χ1n) is 14.4. The minimum Gasteiger partial charge on any atom is -0.461 e. The average Bonchev–Trinajstić information content (AvgIpc) is 3.50. The molecule has 4 fully saturated rings. The van der Waals surface area contributed by atoms with Crippen molar-refractivity contribution in [1.29, 1.82) is 0 Å². The Labute approximate surface area is 243 Å². The quantitative estimate of drug-likeness (QED) is 0.467. The van der Waals surface area contributed by atoms with Crippen LogP contribution in [0.2, 0.25) is 5.15 Å². The number of aromatic nitrogens is 3. The minimum atomic E-state index is -0.895. The van der Waals surface area contributed by atoms with E-state index in [1.807, 2.05) is 25.7 Å². The van der Waals surface area contributed by atoms with E-state index < -0.39 is 23.1 Å². The first-order valence-corrected chi connectivity index (χ1v) is 14.8. The molecule has 0 spiro atoms. The molecule has 0 aromatic carbocycles. The fourth-order valence-electron chi connectivity index (χ4n) is 7.04. The lowest BCUT2D eigenvalue weighted by atomic mass is 9.95. The van der Waals surface area contributed by atoms with Crippen LogP contribution in [-0.4, -0.2) is 107 Å². The summed E-state index contributed by atoms with van der Waals surface area (Å²) in [4.78, 5) is 34.5. The molecule has 2 unspecified atom stereocenters. The van der Waals surface area contributed by atoms with Crippen LogP contribution in [0.1, 0.15) is 52.9 Å². The molecule has 2 aromatic heterocycles. The van der Waals surface area contributed by atoms with E-state index in [1.54, 1.807) is 19.0 Å². The van der Waals surface area contributed by atoms with Gasteiger partial charge in [0.2, 0.25) is 0 Å². The van der Waals surface area contributed by atoms with Crippen LogP contribution in [0.25, 0.3) is 10.9 Å². The van der Waals surface area contributed by atoms with E-state index in [2.05, 4.69) is 19.8 Å². The van der Waals surface area contributed by atoms with Gasteiger partial charge in [0.1, 0.15) is 35.5 Å². The van der Waals surface area contributed by atoms with Crippen LogP contribution < -0.4 is 14.5 Å². The van der Waals surface area contributed by atoms with Crippen molar-refractivity contribution in [2.24, 2.45) is 0 Å². The summed E-state index contributed by atoms with van der Waals surface area (Å²) in [7, 11) is 3.60. The van der Waals surface area contributed by atoms with Gasteiger partial charge in [-0.15, -0.1) is 0 Å². The van der Waals surface area contributed by atoms with Crippen LogP contribution in [0.15, 0.2) is 0 Å². The van der Waals surface area contributed by atoms with E-state index in [9.17, 15) is 9.18 Å². The predicted molar refractivity (Wildman–Crippen MR) is 152 cm³/mol. The molecule has 6 rings (SSSR count). The zero-order valence-electron chi connectivity index (χ0n) is 24.3. The molecule has 0 N–H and O–H groups in total. The molecule has 2 bridgehead atoms. The lowest BCUT2D eigenvalue weighted by Crippen LogP contribution is -2.57. The topological polar surface area (TPSA) is 87.2 Å². The Morgan fingerprint density at radius 2 is 1.85 bits per heavy atom. The molecule has 1 amide bonds. The first-order chi connectivity index (χ1) is 19.3. The zero-order valence-corrected chi connectivity index (χ0v) is 25.0. The van der Waals surface area contributed by atoms with Crippen LogP contribution in [0, 0.1) is 5.82 Å². The molecular weight excluding hydrogens is 556 g/mol. The Kier molecular flexibility index (Phi) is 7.08. The van der Waals surface area contributed by atoms with Gasteiger partial charge in [-0.2, -0.15) is 9.97 Å². The van der Waals surface area contributed by atoms with E-state index in [-0.39, 0.29) is 41.5 Å². The minimum absolute atomic E-state index is 0.0174. The van der Waals surface area contributed by atoms with Crippen LogP contribution in [-0.2, 0) is 4.74 Å². The number of pyridine rings is 1. The highest BCUT2D eigenvalue weighted by atomic mass is 35.5. The van der Waals surface area contributed by atoms with Gasteiger partial charge in [0.15, 0.2) is 11.0 Å².